The van der Waals surface area contributed by atoms with E-state index in [1.54, 1.807) is 0 Å². The summed E-state index contributed by atoms with van der Waals surface area (Å²) in [6.45, 7) is 5.44. The predicted octanol–water partition coefficient (Wildman–Crippen LogP) is 1.08. The van der Waals surface area contributed by atoms with Crippen molar-refractivity contribution in [2.75, 3.05) is 20.2 Å². The van der Waals surface area contributed by atoms with Crippen molar-refractivity contribution in [3.05, 3.63) is 0 Å². The number of carbonyl (C=O) groups excluding carboxylic acids is 1. The summed E-state index contributed by atoms with van der Waals surface area (Å²) < 4.78 is 4.96. The molecule has 1 saturated heterocycles. The molecule has 2 aliphatic rings. The zero-order chi connectivity index (χ0) is 12.7. The lowest BCUT2D eigenvalue weighted by Crippen LogP contribution is -2.71. The first-order valence-corrected chi connectivity index (χ1v) is 6.37. The summed E-state index contributed by atoms with van der Waals surface area (Å²) in [6, 6.07) is 0. The lowest BCUT2D eigenvalue weighted by atomic mass is 9.56. The maximum Gasteiger partial charge on any atom is 0.314 e. The fraction of sp³-hybridized carbons (Fsp3) is 0.923. The van der Waals surface area contributed by atoms with Crippen molar-refractivity contribution in [3.63, 3.8) is 0 Å². The number of methoxy groups -OCH3 is 1. The fourth-order valence-electron chi connectivity index (χ4n) is 3.11. The average molecular weight is 241 g/mol. The Bertz CT molecular complexity index is 311. The van der Waals surface area contributed by atoms with E-state index >= 15 is 0 Å². The summed E-state index contributed by atoms with van der Waals surface area (Å²) in [4.78, 5) is 12.1. The lowest BCUT2D eigenvalue weighted by molar-refractivity contribution is -0.191. The average Bonchev–Trinajstić information content (AvgIpc) is 2.25. The van der Waals surface area contributed by atoms with Gasteiger partial charge < -0.3 is 15.2 Å². The lowest BCUT2D eigenvalue weighted by Gasteiger charge is -2.54. The highest BCUT2D eigenvalue weighted by Gasteiger charge is 2.60. The van der Waals surface area contributed by atoms with Crippen molar-refractivity contribution in [2.24, 2.45) is 10.8 Å². The van der Waals surface area contributed by atoms with Crippen LogP contribution in [0.5, 0.6) is 0 Å². The van der Waals surface area contributed by atoms with Gasteiger partial charge in [-0.15, -0.1) is 0 Å². The van der Waals surface area contributed by atoms with Gasteiger partial charge >= 0.3 is 5.97 Å². The van der Waals surface area contributed by atoms with Crippen molar-refractivity contribution in [3.8, 4) is 0 Å². The van der Waals surface area contributed by atoms with Gasteiger partial charge in [-0.05, 0) is 31.1 Å². The van der Waals surface area contributed by atoms with Gasteiger partial charge in [0, 0.05) is 13.1 Å². The van der Waals surface area contributed by atoms with Crippen LogP contribution in [0, 0.1) is 10.8 Å². The van der Waals surface area contributed by atoms with Gasteiger partial charge in [0.15, 0.2) is 0 Å². The molecule has 4 nitrogen and oxygen atoms in total. The second kappa shape index (κ2) is 3.95. The summed E-state index contributed by atoms with van der Waals surface area (Å²) in [5.74, 6) is -0.239. The van der Waals surface area contributed by atoms with Crippen molar-refractivity contribution in [2.45, 2.75) is 45.1 Å². The minimum Gasteiger partial charge on any atom is -0.469 e. The van der Waals surface area contributed by atoms with E-state index in [1.807, 2.05) is 0 Å². The van der Waals surface area contributed by atoms with Crippen LogP contribution in [0.4, 0.5) is 0 Å². The zero-order valence-electron chi connectivity index (χ0n) is 11.0. The maximum atomic E-state index is 12.1. The van der Waals surface area contributed by atoms with Gasteiger partial charge in [0.2, 0.25) is 0 Å². The molecule has 1 aliphatic heterocycles. The van der Waals surface area contributed by atoms with Gasteiger partial charge in [-0.25, -0.2) is 0 Å². The van der Waals surface area contributed by atoms with Gasteiger partial charge in [-0.3, -0.25) is 4.79 Å². The van der Waals surface area contributed by atoms with Crippen LogP contribution in [0.15, 0.2) is 0 Å². The Morgan fingerprint density at radius 3 is 2.06 bits per heavy atom. The molecule has 2 rings (SSSR count). The van der Waals surface area contributed by atoms with Gasteiger partial charge in [-0.1, -0.05) is 13.8 Å². The Balaban J connectivity index is 2.24. The molecule has 2 fully saturated rings. The molecule has 98 valence electrons. The highest BCUT2D eigenvalue weighted by Crippen LogP contribution is 2.52. The molecule has 0 spiro atoms. The second-order valence-electron chi connectivity index (χ2n) is 6.37. The largest absolute Gasteiger partial charge is 0.469 e. The Morgan fingerprint density at radius 2 is 1.71 bits per heavy atom. The van der Waals surface area contributed by atoms with Crippen LogP contribution in [-0.4, -0.2) is 36.9 Å². The van der Waals surface area contributed by atoms with Crippen LogP contribution in [-0.2, 0) is 9.53 Å². The zero-order valence-corrected chi connectivity index (χ0v) is 11.0. The van der Waals surface area contributed by atoms with Gasteiger partial charge in [0.05, 0.1) is 12.5 Å². The van der Waals surface area contributed by atoms with Gasteiger partial charge in [0.25, 0.3) is 0 Å². The molecule has 0 unspecified atom stereocenters. The van der Waals surface area contributed by atoms with Gasteiger partial charge in [-0.2, -0.15) is 0 Å². The molecule has 0 aromatic heterocycles. The third kappa shape index (κ3) is 1.87. The quantitative estimate of drug-likeness (QED) is 0.710. The smallest absolute Gasteiger partial charge is 0.314 e. The molecule has 0 aromatic rings. The van der Waals surface area contributed by atoms with Crippen LogP contribution in [0.3, 0.4) is 0 Å². The molecule has 1 heterocycles. The SMILES string of the molecule is COC(=O)C1(C2(O)CNC2)CCC(C)(C)CC1. The van der Waals surface area contributed by atoms with E-state index in [1.165, 1.54) is 7.11 Å². The van der Waals surface area contributed by atoms with E-state index in [4.69, 9.17) is 4.74 Å². The highest BCUT2D eigenvalue weighted by molar-refractivity contribution is 5.79. The Labute approximate surface area is 103 Å². The van der Waals surface area contributed by atoms with Gasteiger partial charge in [0.1, 0.15) is 5.60 Å². The molecular weight excluding hydrogens is 218 g/mol. The molecule has 2 N–H and O–H groups in total. The van der Waals surface area contributed by atoms with Crippen LogP contribution in [0.25, 0.3) is 0 Å². The summed E-state index contributed by atoms with van der Waals surface area (Å²) in [5.41, 5.74) is -1.33. The van der Waals surface area contributed by atoms with E-state index in [0.29, 0.717) is 13.1 Å². The van der Waals surface area contributed by atoms with E-state index in [-0.39, 0.29) is 11.4 Å². The number of hydrogen-bond acceptors (Lipinski definition) is 4. The van der Waals surface area contributed by atoms with Crippen LogP contribution >= 0.6 is 0 Å². The molecule has 17 heavy (non-hydrogen) atoms. The first-order valence-electron chi connectivity index (χ1n) is 6.37. The van der Waals surface area contributed by atoms with E-state index in [9.17, 15) is 9.90 Å². The molecule has 0 aromatic carbocycles. The van der Waals surface area contributed by atoms with Crippen LogP contribution < -0.4 is 5.32 Å². The summed E-state index contributed by atoms with van der Waals surface area (Å²) in [7, 11) is 1.42. The van der Waals surface area contributed by atoms with Crippen molar-refractivity contribution in [1.29, 1.82) is 0 Å². The number of esters is 1. The molecule has 4 heteroatoms. The van der Waals surface area contributed by atoms with E-state index < -0.39 is 11.0 Å². The fourth-order valence-corrected chi connectivity index (χ4v) is 3.11. The third-order valence-corrected chi connectivity index (χ3v) is 4.76. The number of rotatable bonds is 2. The molecule has 0 radical (unpaired) electrons. The van der Waals surface area contributed by atoms with E-state index in [0.717, 1.165) is 25.7 Å². The van der Waals surface area contributed by atoms with Crippen molar-refractivity contribution in [1.82, 2.24) is 5.32 Å². The molecule has 0 bridgehead atoms. The number of ether oxygens (including phenoxy) is 1. The standard InChI is InChI=1S/C13H23NO3/c1-11(2)4-6-12(7-5-11,10(15)17-3)13(16)8-14-9-13/h14,16H,4-9H2,1-3H3. The Hall–Kier alpha value is -0.610. The number of carbonyl (C=O) groups is 1. The van der Waals surface area contributed by atoms with Crippen LogP contribution in [0.1, 0.15) is 39.5 Å². The monoisotopic (exact) mass is 241 g/mol. The summed E-state index contributed by atoms with van der Waals surface area (Å²) in [5, 5.41) is 13.7. The Morgan fingerprint density at radius 1 is 1.18 bits per heavy atom. The third-order valence-electron chi connectivity index (χ3n) is 4.76. The Kier molecular flexibility index (Phi) is 2.99. The van der Waals surface area contributed by atoms with Crippen molar-refractivity contribution >= 4 is 5.97 Å². The first kappa shape index (κ1) is 12.8. The molecule has 1 saturated carbocycles. The topological polar surface area (TPSA) is 58.6 Å². The second-order valence-corrected chi connectivity index (χ2v) is 6.37. The number of aliphatic hydroxyl groups is 1. The first-order chi connectivity index (χ1) is 7.85. The minimum absolute atomic E-state index is 0.239. The molecule has 0 atom stereocenters. The molecule has 0 amide bonds. The molecule has 1 aliphatic carbocycles. The highest BCUT2D eigenvalue weighted by atomic mass is 16.5. The summed E-state index contributed by atoms with van der Waals surface area (Å²) >= 11 is 0. The molecular formula is C13H23NO3. The predicted molar refractivity (Wildman–Crippen MR) is 64.5 cm³/mol. The van der Waals surface area contributed by atoms with E-state index in [2.05, 4.69) is 19.2 Å². The van der Waals surface area contributed by atoms with Crippen LogP contribution in [0.2, 0.25) is 0 Å². The number of nitrogens with one attached hydrogen (secondary N) is 1. The maximum absolute atomic E-state index is 12.1. The minimum atomic E-state index is -0.906. The summed E-state index contributed by atoms with van der Waals surface area (Å²) in [6.07, 6.45) is 3.38. The normalized spacial score (nSPS) is 29.2. The number of β-amino-alcohol motifs (C(OH)–C–C–N with tert-alkyl or cyclic N) is 1. The number of hydrogen-bond donors (Lipinski definition) is 2. The van der Waals surface area contributed by atoms with Crippen molar-refractivity contribution < 1.29 is 14.6 Å².